The number of hydrogen-bond donors (Lipinski definition) is 3. The number of guanidine groups is 1. The van der Waals surface area contributed by atoms with Crippen LogP contribution >= 0.6 is 0 Å². The molecule has 0 spiro atoms. The van der Waals surface area contributed by atoms with E-state index in [1.807, 2.05) is 54.5 Å². The summed E-state index contributed by atoms with van der Waals surface area (Å²) < 4.78 is 8.14. The van der Waals surface area contributed by atoms with Crippen molar-refractivity contribution in [3.63, 3.8) is 0 Å². The van der Waals surface area contributed by atoms with Gasteiger partial charge in [-0.1, -0.05) is 0 Å². The van der Waals surface area contributed by atoms with Crippen LogP contribution < -0.4 is 20.7 Å². The minimum Gasteiger partial charge on any atom is -0.457 e. The molecule has 0 amide bonds. The summed E-state index contributed by atoms with van der Waals surface area (Å²) in [5, 5.41) is 10.4. The van der Waals surface area contributed by atoms with E-state index in [9.17, 15) is 0 Å². The number of anilines is 1. The van der Waals surface area contributed by atoms with Crippen LogP contribution in [0.15, 0.2) is 64.2 Å². The average Bonchev–Trinajstić information content (AvgIpc) is 3.41. The zero-order chi connectivity index (χ0) is 21.7. The van der Waals surface area contributed by atoms with E-state index >= 15 is 0 Å². The fourth-order valence-electron chi connectivity index (χ4n) is 4.04. The van der Waals surface area contributed by atoms with Crippen molar-refractivity contribution in [3.8, 4) is 11.5 Å². The zero-order valence-electron chi connectivity index (χ0n) is 18.1. The number of nitrogens with zero attached hydrogens (tertiary/aromatic N) is 4. The maximum absolute atomic E-state index is 6.14. The average molecular weight is 428 g/mol. The molecule has 2 aromatic carbocycles. The molecule has 1 saturated carbocycles. The summed E-state index contributed by atoms with van der Waals surface area (Å²) >= 11 is 0. The quantitative estimate of drug-likeness (QED) is 0.578. The van der Waals surface area contributed by atoms with Crippen LogP contribution in [0, 0.1) is 12.8 Å². The predicted octanol–water partition coefficient (Wildman–Crippen LogP) is 3.67. The first-order valence-electron chi connectivity index (χ1n) is 11.0. The van der Waals surface area contributed by atoms with Crippen molar-refractivity contribution in [1.29, 1.82) is 0 Å². The molecule has 0 bridgehead atoms. The highest BCUT2D eigenvalue weighted by Crippen LogP contribution is 2.30. The Kier molecular flexibility index (Phi) is 4.38. The maximum atomic E-state index is 6.14. The lowest BCUT2D eigenvalue weighted by atomic mass is 10.1. The Hall–Kier alpha value is -3.81. The third-order valence-corrected chi connectivity index (χ3v) is 5.98. The number of aliphatic imine (C=N–C) groups is 2. The second kappa shape index (κ2) is 7.40. The highest BCUT2D eigenvalue weighted by molar-refractivity contribution is 5.94. The highest BCUT2D eigenvalue weighted by atomic mass is 16.5. The van der Waals surface area contributed by atoms with E-state index in [2.05, 4.69) is 43.9 Å². The molecule has 6 rings (SSSR count). The summed E-state index contributed by atoms with van der Waals surface area (Å²) in [6.45, 7) is 2.87. The van der Waals surface area contributed by atoms with Crippen molar-refractivity contribution in [3.05, 3.63) is 59.8 Å². The molecule has 32 heavy (non-hydrogen) atoms. The fraction of sp³-hybridized carbons (Fsp3) is 0.292. The summed E-state index contributed by atoms with van der Waals surface area (Å²) in [5.41, 5.74) is 5.14. The lowest BCUT2D eigenvalue weighted by molar-refractivity contribution is 0.479. The maximum Gasteiger partial charge on any atom is 0.222 e. The molecule has 3 heterocycles. The van der Waals surface area contributed by atoms with Crippen molar-refractivity contribution in [1.82, 2.24) is 20.2 Å². The van der Waals surface area contributed by atoms with Crippen LogP contribution in [0.25, 0.3) is 11.0 Å². The first-order chi connectivity index (χ1) is 15.6. The smallest absolute Gasteiger partial charge is 0.222 e. The van der Waals surface area contributed by atoms with Crippen LogP contribution in [0.5, 0.6) is 11.5 Å². The molecular weight excluding hydrogens is 402 g/mol. The predicted molar refractivity (Wildman–Crippen MR) is 126 cm³/mol. The monoisotopic (exact) mass is 427 g/mol. The molecule has 3 aromatic rings. The van der Waals surface area contributed by atoms with Crippen LogP contribution in [0.3, 0.4) is 0 Å². The highest BCUT2D eigenvalue weighted by Gasteiger charge is 2.29. The SMILES string of the molecule is Cc1cc(NC2=C3NC(=NC4CC4)N=CC3CN2)ccc1Oc1ccc2c(c1)ncn2C. The van der Waals surface area contributed by atoms with Gasteiger partial charge in [-0.2, -0.15) is 0 Å². The van der Waals surface area contributed by atoms with Gasteiger partial charge in [-0.15, -0.1) is 0 Å². The molecule has 0 saturated heterocycles. The van der Waals surface area contributed by atoms with Gasteiger partial charge in [-0.3, -0.25) is 0 Å². The van der Waals surface area contributed by atoms with Crippen LogP contribution in [0.4, 0.5) is 5.69 Å². The van der Waals surface area contributed by atoms with Crippen molar-refractivity contribution < 1.29 is 4.74 Å². The normalized spacial score (nSPS) is 20.9. The van der Waals surface area contributed by atoms with Gasteiger partial charge in [0.05, 0.1) is 35.0 Å². The molecule has 0 radical (unpaired) electrons. The Morgan fingerprint density at radius 3 is 2.94 bits per heavy atom. The molecule has 1 aliphatic carbocycles. The molecule has 162 valence electrons. The first kappa shape index (κ1) is 18.9. The number of hydrogen-bond acceptors (Lipinski definition) is 5. The lowest BCUT2D eigenvalue weighted by Crippen LogP contribution is -2.32. The van der Waals surface area contributed by atoms with Gasteiger partial charge >= 0.3 is 0 Å². The van der Waals surface area contributed by atoms with Crippen molar-refractivity contribution in [2.24, 2.45) is 23.0 Å². The molecule has 1 aromatic heterocycles. The van der Waals surface area contributed by atoms with E-state index in [0.29, 0.717) is 12.0 Å². The third kappa shape index (κ3) is 3.57. The third-order valence-electron chi connectivity index (χ3n) is 5.98. The topological polar surface area (TPSA) is 87.9 Å². The molecular formula is C24H25N7O. The Labute approximate surface area is 186 Å². The number of aromatic nitrogens is 2. The second-order valence-corrected chi connectivity index (χ2v) is 8.58. The fourth-order valence-corrected chi connectivity index (χ4v) is 4.04. The lowest BCUT2D eigenvalue weighted by Gasteiger charge is -2.18. The van der Waals surface area contributed by atoms with Crippen LogP contribution in [-0.2, 0) is 7.05 Å². The number of fused-ring (bicyclic) bond motifs is 2. The molecule has 3 N–H and O–H groups in total. The Morgan fingerprint density at radius 2 is 2.09 bits per heavy atom. The van der Waals surface area contributed by atoms with Gasteiger partial charge in [0, 0.05) is 31.6 Å². The van der Waals surface area contributed by atoms with E-state index in [1.165, 1.54) is 0 Å². The summed E-state index contributed by atoms with van der Waals surface area (Å²) in [5.74, 6) is 3.52. The number of rotatable bonds is 5. The van der Waals surface area contributed by atoms with Gasteiger partial charge < -0.3 is 25.3 Å². The number of ether oxygens (including phenoxy) is 1. The molecule has 1 atom stereocenters. The minimum absolute atomic E-state index is 0.237. The second-order valence-electron chi connectivity index (χ2n) is 8.58. The summed E-state index contributed by atoms with van der Waals surface area (Å²) in [6.07, 6.45) is 6.12. The minimum atomic E-state index is 0.237. The Balaban J connectivity index is 1.20. The zero-order valence-corrected chi connectivity index (χ0v) is 18.1. The van der Waals surface area contributed by atoms with Crippen LogP contribution in [0.1, 0.15) is 18.4 Å². The van der Waals surface area contributed by atoms with Crippen molar-refractivity contribution in [2.75, 3.05) is 11.9 Å². The molecule has 1 fully saturated rings. The number of imidazole rings is 1. The summed E-state index contributed by atoms with van der Waals surface area (Å²) in [4.78, 5) is 13.5. The molecule has 3 aliphatic rings. The Morgan fingerprint density at radius 1 is 1.19 bits per heavy atom. The van der Waals surface area contributed by atoms with Gasteiger partial charge in [-0.05, 0) is 55.7 Å². The van der Waals surface area contributed by atoms with E-state index in [1.54, 1.807) is 0 Å². The Bertz CT molecular complexity index is 1300. The van der Waals surface area contributed by atoms with Gasteiger partial charge in [-0.25, -0.2) is 15.0 Å². The first-order valence-corrected chi connectivity index (χ1v) is 11.0. The number of nitrogens with one attached hydrogen (secondary N) is 3. The van der Waals surface area contributed by atoms with Crippen LogP contribution in [-0.4, -0.2) is 34.3 Å². The standard InChI is InChI=1S/C24H25N7O/c1-14-9-17(5-8-21(14)32-18-6-7-20-19(10-18)27-13-31(20)2)28-23-22-15(11-25-23)12-26-24(30-22)29-16-3-4-16/h5-10,12-13,15-16,25,28H,3-4,11H2,1-2H3,(H,29,30). The molecule has 8 nitrogen and oxygen atoms in total. The van der Waals surface area contributed by atoms with Gasteiger partial charge in [0.2, 0.25) is 5.96 Å². The van der Waals surface area contributed by atoms with Gasteiger partial charge in [0.25, 0.3) is 0 Å². The van der Waals surface area contributed by atoms with Crippen LogP contribution in [0.2, 0.25) is 0 Å². The summed E-state index contributed by atoms with van der Waals surface area (Å²) in [6, 6.07) is 12.5. The van der Waals surface area contributed by atoms with E-state index < -0.39 is 0 Å². The van der Waals surface area contributed by atoms with Crippen molar-refractivity contribution in [2.45, 2.75) is 25.8 Å². The van der Waals surface area contributed by atoms with E-state index in [-0.39, 0.29) is 5.92 Å². The van der Waals surface area contributed by atoms with Gasteiger partial charge in [0.15, 0.2) is 0 Å². The molecule has 2 aliphatic heterocycles. The van der Waals surface area contributed by atoms with E-state index in [0.717, 1.165) is 64.7 Å². The van der Waals surface area contributed by atoms with Crippen molar-refractivity contribution >= 4 is 28.9 Å². The van der Waals surface area contributed by atoms with Gasteiger partial charge in [0.1, 0.15) is 17.3 Å². The molecule has 1 unspecified atom stereocenters. The summed E-state index contributed by atoms with van der Waals surface area (Å²) in [7, 11) is 1.99. The largest absolute Gasteiger partial charge is 0.457 e. The molecule has 8 heteroatoms. The number of aryl methyl sites for hydroxylation is 2. The number of benzene rings is 2. The van der Waals surface area contributed by atoms with E-state index in [4.69, 9.17) is 4.74 Å².